The van der Waals surface area contributed by atoms with Crippen LogP contribution >= 0.6 is 0 Å². The first kappa shape index (κ1) is 16.1. The largest absolute Gasteiger partial charge is 0.375 e. The molecule has 0 amide bonds. The van der Waals surface area contributed by atoms with Crippen LogP contribution in [0.5, 0.6) is 0 Å². The molecule has 1 aromatic rings. The first-order valence-corrected chi connectivity index (χ1v) is 8.50. The molecule has 126 valence electrons. The molecule has 2 aliphatic rings. The van der Waals surface area contributed by atoms with E-state index in [9.17, 15) is 0 Å². The van der Waals surface area contributed by atoms with Gasteiger partial charge in [-0.3, -0.25) is 4.99 Å². The van der Waals surface area contributed by atoms with Crippen LogP contribution in [-0.4, -0.2) is 50.3 Å². The fraction of sp³-hybridized carbons (Fsp3) is 0.647. The van der Waals surface area contributed by atoms with Crippen molar-refractivity contribution in [3.63, 3.8) is 0 Å². The molecule has 23 heavy (non-hydrogen) atoms. The fourth-order valence-electron chi connectivity index (χ4n) is 2.70. The maximum Gasteiger partial charge on any atom is 0.191 e. The molecule has 2 heterocycles. The number of anilines is 1. The summed E-state index contributed by atoms with van der Waals surface area (Å²) in [6.07, 6.45) is 4.90. The van der Waals surface area contributed by atoms with E-state index in [-0.39, 0.29) is 6.10 Å². The smallest absolute Gasteiger partial charge is 0.191 e. The zero-order chi connectivity index (χ0) is 16.1. The molecule has 0 bridgehead atoms. The van der Waals surface area contributed by atoms with Crippen LogP contribution in [0, 0.1) is 5.92 Å². The summed E-state index contributed by atoms with van der Waals surface area (Å²) < 4.78 is 5.58. The summed E-state index contributed by atoms with van der Waals surface area (Å²) >= 11 is 0. The Hall–Kier alpha value is -1.82. The van der Waals surface area contributed by atoms with Gasteiger partial charge in [0.25, 0.3) is 0 Å². The molecule has 1 saturated carbocycles. The van der Waals surface area contributed by atoms with E-state index in [1.54, 1.807) is 0 Å². The molecule has 1 atom stereocenters. The van der Waals surface area contributed by atoms with Crippen LogP contribution in [0.3, 0.4) is 0 Å². The highest BCUT2D eigenvalue weighted by Crippen LogP contribution is 2.27. The van der Waals surface area contributed by atoms with Crippen LogP contribution in [-0.2, 0) is 11.3 Å². The quantitative estimate of drug-likeness (QED) is 0.635. The lowest BCUT2D eigenvalue weighted by molar-refractivity contribution is 0.0529. The maximum atomic E-state index is 5.58. The molecule has 1 aromatic heterocycles. The zero-order valence-electron chi connectivity index (χ0n) is 14.1. The van der Waals surface area contributed by atoms with Crippen LogP contribution in [0.25, 0.3) is 0 Å². The molecule has 0 aromatic carbocycles. The van der Waals surface area contributed by atoms with Crippen molar-refractivity contribution in [3.8, 4) is 0 Å². The summed E-state index contributed by atoms with van der Waals surface area (Å²) in [6, 6.07) is 4.22. The second-order valence-electron chi connectivity index (χ2n) is 6.40. The Bertz CT molecular complexity index is 526. The van der Waals surface area contributed by atoms with Crippen molar-refractivity contribution in [2.75, 3.05) is 38.2 Å². The number of guanidine groups is 1. The van der Waals surface area contributed by atoms with E-state index in [0.29, 0.717) is 0 Å². The predicted octanol–water partition coefficient (Wildman–Crippen LogP) is 1.38. The van der Waals surface area contributed by atoms with Crippen molar-refractivity contribution in [2.24, 2.45) is 10.9 Å². The molecule has 3 rings (SSSR count). The van der Waals surface area contributed by atoms with E-state index in [1.807, 2.05) is 13.2 Å². The number of morpholine rings is 1. The summed E-state index contributed by atoms with van der Waals surface area (Å²) in [7, 11) is 1.81. The van der Waals surface area contributed by atoms with E-state index < -0.39 is 0 Å². The van der Waals surface area contributed by atoms with Gasteiger partial charge in [0, 0.05) is 39.4 Å². The monoisotopic (exact) mass is 317 g/mol. The number of pyridine rings is 1. The van der Waals surface area contributed by atoms with Crippen LogP contribution in [0.4, 0.5) is 5.82 Å². The number of nitrogens with one attached hydrogen (secondary N) is 2. The van der Waals surface area contributed by atoms with Crippen molar-refractivity contribution in [3.05, 3.63) is 23.9 Å². The van der Waals surface area contributed by atoms with Crippen molar-refractivity contribution in [1.82, 2.24) is 15.6 Å². The second kappa shape index (κ2) is 7.64. The van der Waals surface area contributed by atoms with E-state index in [2.05, 4.69) is 44.6 Å². The third kappa shape index (κ3) is 4.82. The summed E-state index contributed by atoms with van der Waals surface area (Å²) in [4.78, 5) is 11.1. The van der Waals surface area contributed by atoms with Gasteiger partial charge in [0.2, 0.25) is 0 Å². The minimum atomic E-state index is 0.271. The molecule has 2 fully saturated rings. The number of nitrogens with zero attached hydrogens (tertiary/aromatic N) is 3. The standard InChI is InChI=1S/C17H27N5O/c1-13-12-22(7-8-23-13)16-6-5-15(10-19-16)11-21-17(18-2)20-9-14-3-4-14/h5-6,10,13-14H,3-4,7-9,11-12H2,1-2H3,(H2,18,20,21). The Kier molecular flexibility index (Phi) is 5.33. The van der Waals surface area contributed by atoms with Gasteiger partial charge in [-0.2, -0.15) is 0 Å². The molecule has 1 saturated heterocycles. The van der Waals surface area contributed by atoms with Crippen molar-refractivity contribution >= 4 is 11.8 Å². The van der Waals surface area contributed by atoms with Gasteiger partial charge in [0.1, 0.15) is 5.82 Å². The van der Waals surface area contributed by atoms with Crippen LogP contribution in [0.15, 0.2) is 23.3 Å². The average Bonchev–Trinajstić information content (AvgIpc) is 3.40. The molecule has 0 radical (unpaired) electrons. The maximum absolute atomic E-state index is 5.58. The topological polar surface area (TPSA) is 61.8 Å². The Morgan fingerprint density at radius 1 is 1.39 bits per heavy atom. The van der Waals surface area contributed by atoms with Crippen molar-refractivity contribution in [1.29, 1.82) is 0 Å². The van der Waals surface area contributed by atoms with E-state index in [1.165, 1.54) is 12.8 Å². The summed E-state index contributed by atoms with van der Waals surface area (Å²) in [5.74, 6) is 2.73. The number of hydrogen-bond donors (Lipinski definition) is 2. The van der Waals surface area contributed by atoms with Gasteiger partial charge in [-0.1, -0.05) is 6.07 Å². The third-order valence-corrected chi connectivity index (χ3v) is 4.31. The van der Waals surface area contributed by atoms with Gasteiger partial charge in [-0.25, -0.2) is 4.98 Å². The lowest BCUT2D eigenvalue weighted by atomic mass is 10.2. The van der Waals surface area contributed by atoms with E-state index in [0.717, 1.165) is 56.0 Å². The molecule has 1 unspecified atom stereocenters. The number of ether oxygens (including phenoxy) is 1. The second-order valence-corrected chi connectivity index (χ2v) is 6.40. The first-order valence-electron chi connectivity index (χ1n) is 8.50. The zero-order valence-corrected chi connectivity index (χ0v) is 14.1. The highest BCUT2D eigenvalue weighted by molar-refractivity contribution is 5.79. The third-order valence-electron chi connectivity index (χ3n) is 4.31. The van der Waals surface area contributed by atoms with Crippen LogP contribution in [0.1, 0.15) is 25.3 Å². The molecule has 6 heteroatoms. The SMILES string of the molecule is CN=C(NCc1ccc(N2CCOC(C)C2)nc1)NCC1CC1. The lowest BCUT2D eigenvalue weighted by Gasteiger charge is -2.32. The molecule has 6 nitrogen and oxygen atoms in total. The molecule has 1 aliphatic heterocycles. The van der Waals surface area contributed by atoms with Gasteiger partial charge in [0.05, 0.1) is 12.7 Å². The van der Waals surface area contributed by atoms with Gasteiger partial charge in [0.15, 0.2) is 5.96 Å². The first-order chi connectivity index (χ1) is 11.2. The minimum absolute atomic E-state index is 0.271. The Morgan fingerprint density at radius 2 is 2.26 bits per heavy atom. The van der Waals surface area contributed by atoms with Gasteiger partial charge >= 0.3 is 0 Å². The molecule has 1 aliphatic carbocycles. The van der Waals surface area contributed by atoms with Crippen LogP contribution < -0.4 is 15.5 Å². The number of hydrogen-bond acceptors (Lipinski definition) is 4. The number of rotatable bonds is 5. The summed E-state index contributed by atoms with van der Waals surface area (Å²) in [6.45, 7) is 6.44. The summed E-state index contributed by atoms with van der Waals surface area (Å²) in [5.41, 5.74) is 1.16. The van der Waals surface area contributed by atoms with Gasteiger partial charge < -0.3 is 20.3 Å². The lowest BCUT2D eigenvalue weighted by Crippen LogP contribution is -2.41. The number of aromatic nitrogens is 1. The Morgan fingerprint density at radius 3 is 2.91 bits per heavy atom. The summed E-state index contributed by atoms with van der Waals surface area (Å²) in [5, 5.41) is 6.71. The highest BCUT2D eigenvalue weighted by atomic mass is 16.5. The highest BCUT2D eigenvalue weighted by Gasteiger charge is 2.21. The van der Waals surface area contributed by atoms with E-state index in [4.69, 9.17) is 4.74 Å². The molecule has 2 N–H and O–H groups in total. The van der Waals surface area contributed by atoms with Crippen LogP contribution in [0.2, 0.25) is 0 Å². The average molecular weight is 317 g/mol. The predicted molar refractivity (Wildman–Crippen MR) is 92.8 cm³/mol. The Labute approximate surface area is 138 Å². The van der Waals surface area contributed by atoms with Crippen molar-refractivity contribution < 1.29 is 4.74 Å². The van der Waals surface area contributed by atoms with E-state index >= 15 is 0 Å². The van der Waals surface area contributed by atoms with Gasteiger partial charge in [-0.05, 0) is 37.3 Å². The number of aliphatic imine (C=N–C) groups is 1. The fourth-order valence-corrected chi connectivity index (χ4v) is 2.70. The van der Waals surface area contributed by atoms with Crippen molar-refractivity contribution in [2.45, 2.75) is 32.4 Å². The van der Waals surface area contributed by atoms with Gasteiger partial charge in [-0.15, -0.1) is 0 Å². The molecular weight excluding hydrogens is 290 g/mol. The molecule has 0 spiro atoms. The molecular formula is C17H27N5O. The minimum Gasteiger partial charge on any atom is -0.375 e. The normalized spacial score (nSPS) is 22.1. The Balaban J connectivity index is 1.48.